The number of halogens is 1. The molecule has 1 aliphatic heterocycles. The number of rotatable bonds is 11. The number of nitrogens with zero attached hydrogens (tertiary/aromatic N) is 1. The molecule has 1 saturated carbocycles. The van der Waals surface area contributed by atoms with E-state index < -0.39 is 0 Å². The van der Waals surface area contributed by atoms with E-state index in [1.165, 1.54) is 25.7 Å². The van der Waals surface area contributed by atoms with Crippen LogP contribution in [0.2, 0.25) is 0 Å². The predicted octanol–water partition coefficient (Wildman–Crippen LogP) is 3.34. The topological polar surface area (TPSA) is 64.1 Å². The minimum atomic E-state index is 0. The highest BCUT2D eigenvalue weighted by Crippen LogP contribution is 2.41. The first-order valence-corrected chi connectivity index (χ1v) is 10.5. The smallest absolute Gasteiger partial charge is 0.191 e. The second-order valence-corrected chi connectivity index (χ2v) is 7.61. The van der Waals surface area contributed by atoms with Gasteiger partial charge in [-0.1, -0.05) is 12.8 Å². The second-order valence-electron chi connectivity index (χ2n) is 7.61. The Morgan fingerprint density at radius 2 is 1.89 bits per heavy atom. The Hall–Kier alpha value is -0.120. The van der Waals surface area contributed by atoms with Crippen LogP contribution in [0.25, 0.3) is 0 Å². The Morgan fingerprint density at radius 3 is 2.56 bits per heavy atom. The lowest BCUT2D eigenvalue weighted by Gasteiger charge is -2.27. The maximum absolute atomic E-state index is 5.93. The molecule has 1 saturated heterocycles. The van der Waals surface area contributed by atoms with Crippen LogP contribution in [0.3, 0.4) is 0 Å². The number of guanidine groups is 1. The minimum absolute atomic E-state index is 0. The van der Waals surface area contributed by atoms with Gasteiger partial charge >= 0.3 is 0 Å². The van der Waals surface area contributed by atoms with Crippen LogP contribution in [0.1, 0.15) is 58.3 Å². The van der Waals surface area contributed by atoms with Crippen molar-refractivity contribution in [2.24, 2.45) is 10.4 Å². The van der Waals surface area contributed by atoms with Crippen LogP contribution in [-0.2, 0) is 14.2 Å². The first-order valence-electron chi connectivity index (χ1n) is 10.5. The third-order valence-corrected chi connectivity index (χ3v) is 5.55. The lowest BCUT2D eigenvalue weighted by molar-refractivity contribution is -0.0320. The van der Waals surface area contributed by atoms with Crippen molar-refractivity contribution in [3.05, 3.63) is 0 Å². The van der Waals surface area contributed by atoms with E-state index in [2.05, 4.69) is 17.6 Å². The van der Waals surface area contributed by atoms with Crippen molar-refractivity contribution < 1.29 is 14.2 Å². The van der Waals surface area contributed by atoms with E-state index in [-0.39, 0.29) is 24.0 Å². The Bertz CT molecular complexity index is 398. The molecule has 0 aromatic rings. The first kappa shape index (κ1) is 24.9. The van der Waals surface area contributed by atoms with Crippen molar-refractivity contribution in [3.63, 3.8) is 0 Å². The van der Waals surface area contributed by atoms with Crippen molar-refractivity contribution in [3.8, 4) is 0 Å². The zero-order valence-corrected chi connectivity index (χ0v) is 19.6. The van der Waals surface area contributed by atoms with E-state index in [4.69, 9.17) is 19.2 Å². The molecule has 2 aliphatic rings. The van der Waals surface area contributed by atoms with Crippen LogP contribution in [0, 0.1) is 5.41 Å². The number of aliphatic imine (C=N–C) groups is 1. The lowest BCUT2D eigenvalue weighted by atomic mass is 9.83. The molecule has 1 aliphatic carbocycles. The molecule has 160 valence electrons. The zero-order valence-electron chi connectivity index (χ0n) is 17.3. The van der Waals surface area contributed by atoms with Crippen molar-refractivity contribution in [1.29, 1.82) is 0 Å². The Labute approximate surface area is 182 Å². The van der Waals surface area contributed by atoms with Gasteiger partial charge in [0.1, 0.15) is 0 Å². The van der Waals surface area contributed by atoms with Gasteiger partial charge in [0.05, 0.1) is 6.10 Å². The molecule has 0 bridgehead atoms. The third kappa shape index (κ3) is 9.76. The standard InChI is InChI=1S/C20H39N3O3.HI/c1-3-21-19(22-12-6-13-26-18-7-14-25-15-8-18)23-17-20(11-16-24-2)9-4-5-10-20;/h18H,3-17H2,1-2H3,(H2,21,22,23);1H. The van der Waals surface area contributed by atoms with Crippen LogP contribution >= 0.6 is 24.0 Å². The molecule has 27 heavy (non-hydrogen) atoms. The highest BCUT2D eigenvalue weighted by Gasteiger charge is 2.33. The van der Waals surface area contributed by atoms with Gasteiger partial charge in [-0.2, -0.15) is 0 Å². The molecule has 1 heterocycles. The predicted molar refractivity (Wildman–Crippen MR) is 121 cm³/mol. The molecular formula is C20H40IN3O3. The maximum atomic E-state index is 5.93. The SMILES string of the molecule is CCNC(=NCC1(CCOC)CCCC1)NCCCOC1CCOCC1.I. The summed E-state index contributed by atoms with van der Waals surface area (Å²) < 4.78 is 16.6. The number of hydrogen-bond donors (Lipinski definition) is 2. The van der Waals surface area contributed by atoms with E-state index in [1.54, 1.807) is 7.11 Å². The largest absolute Gasteiger partial charge is 0.385 e. The molecule has 6 nitrogen and oxygen atoms in total. The highest BCUT2D eigenvalue weighted by molar-refractivity contribution is 14.0. The molecule has 0 aromatic heterocycles. The molecule has 0 radical (unpaired) electrons. The van der Waals surface area contributed by atoms with Crippen LogP contribution < -0.4 is 10.6 Å². The average Bonchev–Trinajstić information content (AvgIpc) is 3.14. The quantitative estimate of drug-likeness (QED) is 0.199. The van der Waals surface area contributed by atoms with Gasteiger partial charge in [0.2, 0.25) is 0 Å². The van der Waals surface area contributed by atoms with E-state index in [1.807, 2.05) is 0 Å². The average molecular weight is 497 g/mol. The summed E-state index contributed by atoms with van der Waals surface area (Å²) in [6, 6.07) is 0. The molecule has 2 N–H and O–H groups in total. The minimum Gasteiger partial charge on any atom is -0.385 e. The van der Waals surface area contributed by atoms with Gasteiger partial charge in [-0.3, -0.25) is 4.99 Å². The maximum Gasteiger partial charge on any atom is 0.191 e. The first-order chi connectivity index (χ1) is 12.8. The Kier molecular flexibility index (Phi) is 13.7. The molecule has 7 heteroatoms. The molecule has 2 fully saturated rings. The van der Waals surface area contributed by atoms with Crippen LogP contribution in [0.15, 0.2) is 4.99 Å². The van der Waals surface area contributed by atoms with Crippen LogP contribution in [0.4, 0.5) is 0 Å². The molecule has 0 aromatic carbocycles. The van der Waals surface area contributed by atoms with E-state index in [9.17, 15) is 0 Å². The van der Waals surface area contributed by atoms with E-state index >= 15 is 0 Å². The Balaban J connectivity index is 0.00000364. The van der Waals surface area contributed by atoms with Gasteiger partial charge in [-0.05, 0) is 50.9 Å². The van der Waals surface area contributed by atoms with Gasteiger partial charge < -0.3 is 24.8 Å². The number of methoxy groups -OCH3 is 1. The summed E-state index contributed by atoms with van der Waals surface area (Å²) in [4.78, 5) is 4.89. The third-order valence-electron chi connectivity index (χ3n) is 5.55. The number of ether oxygens (including phenoxy) is 3. The van der Waals surface area contributed by atoms with Crippen molar-refractivity contribution in [2.45, 2.75) is 64.4 Å². The summed E-state index contributed by atoms with van der Waals surface area (Å²) in [5.74, 6) is 0.933. The summed E-state index contributed by atoms with van der Waals surface area (Å²) in [6.45, 7) is 8.09. The molecule has 0 unspecified atom stereocenters. The van der Waals surface area contributed by atoms with Gasteiger partial charge in [0.25, 0.3) is 0 Å². The fourth-order valence-corrected chi connectivity index (χ4v) is 3.89. The fraction of sp³-hybridized carbons (Fsp3) is 0.950. The summed E-state index contributed by atoms with van der Waals surface area (Å²) in [7, 11) is 1.79. The van der Waals surface area contributed by atoms with E-state index in [0.717, 1.165) is 77.7 Å². The van der Waals surface area contributed by atoms with Gasteiger partial charge in [-0.25, -0.2) is 0 Å². The lowest BCUT2D eigenvalue weighted by Crippen LogP contribution is -2.39. The number of hydrogen-bond acceptors (Lipinski definition) is 4. The van der Waals surface area contributed by atoms with Gasteiger partial charge in [0.15, 0.2) is 5.96 Å². The second kappa shape index (κ2) is 14.8. The van der Waals surface area contributed by atoms with E-state index in [0.29, 0.717) is 11.5 Å². The molecule has 2 rings (SSSR count). The van der Waals surface area contributed by atoms with Crippen molar-refractivity contribution in [2.75, 3.05) is 53.2 Å². The van der Waals surface area contributed by atoms with Crippen molar-refractivity contribution >= 4 is 29.9 Å². The Morgan fingerprint density at radius 1 is 1.15 bits per heavy atom. The summed E-state index contributed by atoms with van der Waals surface area (Å²) in [5, 5.41) is 6.83. The summed E-state index contributed by atoms with van der Waals surface area (Å²) in [6.07, 6.45) is 9.76. The number of nitrogens with one attached hydrogen (secondary N) is 2. The monoisotopic (exact) mass is 497 g/mol. The summed E-state index contributed by atoms with van der Waals surface area (Å²) in [5.41, 5.74) is 0.338. The normalized spacial score (nSPS) is 20.3. The van der Waals surface area contributed by atoms with Crippen LogP contribution in [-0.4, -0.2) is 65.2 Å². The van der Waals surface area contributed by atoms with Crippen LogP contribution in [0.5, 0.6) is 0 Å². The molecule has 0 spiro atoms. The molecular weight excluding hydrogens is 457 g/mol. The van der Waals surface area contributed by atoms with Crippen molar-refractivity contribution in [1.82, 2.24) is 10.6 Å². The summed E-state index contributed by atoms with van der Waals surface area (Å²) >= 11 is 0. The molecule has 0 atom stereocenters. The van der Waals surface area contributed by atoms with Gasteiger partial charge in [-0.15, -0.1) is 24.0 Å². The van der Waals surface area contributed by atoms with Gasteiger partial charge in [0, 0.05) is 53.2 Å². The molecule has 0 amide bonds. The zero-order chi connectivity index (χ0) is 18.5. The fourth-order valence-electron chi connectivity index (χ4n) is 3.89. The highest BCUT2D eigenvalue weighted by atomic mass is 127.